The summed E-state index contributed by atoms with van der Waals surface area (Å²) in [6.45, 7) is 4.44. The van der Waals surface area contributed by atoms with E-state index in [1.54, 1.807) is 0 Å². The average Bonchev–Trinajstić information content (AvgIpc) is 2.52. The van der Waals surface area contributed by atoms with E-state index >= 15 is 0 Å². The molecule has 6 heteroatoms. The van der Waals surface area contributed by atoms with Crippen LogP contribution in [0.25, 0.3) is 0 Å². The summed E-state index contributed by atoms with van der Waals surface area (Å²) in [5.74, 6) is -0.162. The quantitative estimate of drug-likeness (QED) is 0.412. The molecule has 0 spiro atoms. The molecule has 2 N–H and O–H groups in total. The molecule has 0 radical (unpaired) electrons. The number of hydrogen-bond acceptors (Lipinski definition) is 4. The third-order valence-electron chi connectivity index (χ3n) is 1.49. The molecule has 0 bridgehead atoms. The first kappa shape index (κ1) is 9.40. The van der Waals surface area contributed by atoms with Gasteiger partial charge in [0.2, 0.25) is 0 Å². The highest BCUT2D eigenvalue weighted by atomic mass is 16.6. The lowest BCUT2D eigenvalue weighted by molar-refractivity contribution is -0.389. The minimum absolute atomic E-state index is 0.162. The van der Waals surface area contributed by atoms with Crippen molar-refractivity contribution in [2.75, 3.05) is 6.54 Å². The van der Waals surface area contributed by atoms with Crippen LogP contribution in [0.1, 0.15) is 0 Å². The normalized spacial score (nSPS) is 9.92. The van der Waals surface area contributed by atoms with Crippen molar-refractivity contribution in [3.05, 3.63) is 34.5 Å². The molecule has 13 heavy (non-hydrogen) atoms. The van der Waals surface area contributed by atoms with Gasteiger partial charge < -0.3 is 15.8 Å². The molecule has 0 atom stereocenters. The lowest BCUT2D eigenvalue weighted by Gasteiger charge is -1.97. The molecule has 0 fully saturated rings. The number of nitrogens with zero attached hydrogens (tertiary/aromatic N) is 3. The molecule has 0 aromatic carbocycles. The van der Waals surface area contributed by atoms with Crippen molar-refractivity contribution in [1.82, 2.24) is 9.78 Å². The fraction of sp³-hybridized carbons (Fsp3) is 0.286. The molecule has 1 heterocycles. The fourth-order valence-corrected chi connectivity index (χ4v) is 0.830. The van der Waals surface area contributed by atoms with E-state index in [4.69, 9.17) is 5.73 Å². The van der Waals surface area contributed by atoms with E-state index in [2.05, 4.69) is 11.7 Å². The highest BCUT2D eigenvalue weighted by molar-refractivity contribution is 5.14. The minimum Gasteiger partial charge on any atom is -0.358 e. The van der Waals surface area contributed by atoms with E-state index in [0.29, 0.717) is 13.1 Å². The van der Waals surface area contributed by atoms with Gasteiger partial charge in [-0.05, 0) is 10.5 Å². The summed E-state index contributed by atoms with van der Waals surface area (Å²) in [4.78, 5) is 9.71. The Hall–Kier alpha value is -1.69. The molecule has 1 aromatic heterocycles. The molecular formula is C7H10N4O2. The minimum atomic E-state index is -0.540. The van der Waals surface area contributed by atoms with Crippen LogP contribution in [-0.4, -0.2) is 21.2 Å². The summed E-state index contributed by atoms with van der Waals surface area (Å²) in [5.41, 5.74) is 6.09. The van der Waals surface area contributed by atoms with Crippen molar-refractivity contribution in [2.24, 2.45) is 5.73 Å². The topological polar surface area (TPSA) is 87.0 Å². The molecule has 70 valence electrons. The number of aromatic nitrogens is 2. The van der Waals surface area contributed by atoms with Gasteiger partial charge in [0, 0.05) is 6.54 Å². The van der Waals surface area contributed by atoms with E-state index < -0.39 is 4.92 Å². The van der Waals surface area contributed by atoms with E-state index in [9.17, 15) is 10.1 Å². The molecule has 0 saturated carbocycles. The standard InChI is InChI=1S/C7H10N4O2/c1-6(4-8)5-10-3-2-7(9-10)11(12)13/h2-3H,1,4-5,8H2. The maximum absolute atomic E-state index is 10.3. The van der Waals surface area contributed by atoms with Crippen LogP contribution < -0.4 is 5.73 Å². The Balaban J connectivity index is 2.69. The molecule has 0 saturated heterocycles. The van der Waals surface area contributed by atoms with Crippen LogP contribution in [-0.2, 0) is 6.54 Å². The largest absolute Gasteiger partial charge is 0.389 e. The molecule has 0 aliphatic carbocycles. The highest BCUT2D eigenvalue weighted by Crippen LogP contribution is 2.06. The Bertz CT molecular complexity index is 331. The molecule has 0 aliphatic rings. The molecule has 0 aliphatic heterocycles. The van der Waals surface area contributed by atoms with Gasteiger partial charge in [0.25, 0.3) is 0 Å². The van der Waals surface area contributed by atoms with E-state index in [1.807, 2.05) is 0 Å². The Morgan fingerprint density at radius 3 is 3.00 bits per heavy atom. The van der Waals surface area contributed by atoms with Gasteiger partial charge >= 0.3 is 5.82 Å². The Morgan fingerprint density at radius 2 is 2.54 bits per heavy atom. The van der Waals surface area contributed by atoms with E-state index in [0.717, 1.165) is 5.57 Å². The second-order valence-corrected chi connectivity index (χ2v) is 2.58. The predicted molar refractivity (Wildman–Crippen MR) is 47.1 cm³/mol. The molecule has 0 amide bonds. The van der Waals surface area contributed by atoms with Crippen molar-refractivity contribution in [3.8, 4) is 0 Å². The van der Waals surface area contributed by atoms with Crippen LogP contribution in [0, 0.1) is 10.1 Å². The summed E-state index contributed by atoms with van der Waals surface area (Å²) >= 11 is 0. The molecule has 0 unspecified atom stereocenters. The average molecular weight is 182 g/mol. The first-order chi connectivity index (χ1) is 6.13. The summed E-state index contributed by atoms with van der Waals surface area (Å²) in [7, 11) is 0. The second kappa shape index (κ2) is 3.81. The van der Waals surface area contributed by atoms with Gasteiger partial charge in [0.1, 0.15) is 0 Å². The third-order valence-corrected chi connectivity index (χ3v) is 1.49. The van der Waals surface area contributed by atoms with Crippen molar-refractivity contribution in [2.45, 2.75) is 6.54 Å². The van der Waals surface area contributed by atoms with Gasteiger partial charge in [0.15, 0.2) is 0 Å². The number of hydrogen-bond donors (Lipinski definition) is 1. The van der Waals surface area contributed by atoms with Crippen molar-refractivity contribution in [3.63, 3.8) is 0 Å². The Morgan fingerprint density at radius 1 is 1.85 bits per heavy atom. The van der Waals surface area contributed by atoms with Gasteiger partial charge in [-0.25, -0.2) is 0 Å². The van der Waals surface area contributed by atoms with Crippen LogP contribution in [0.15, 0.2) is 24.4 Å². The number of nitro groups is 1. The fourth-order valence-electron chi connectivity index (χ4n) is 0.830. The second-order valence-electron chi connectivity index (χ2n) is 2.58. The maximum atomic E-state index is 10.3. The summed E-state index contributed by atoms with van der Waals surface area (Å²) < 4.78 is 1.44. The lowest BCUT2D eigenvalue weighted by Crippen LogP contribution is -2.09. The lowest BCUT2D eigenvalue weighted by atomic mass is 10.3. The van der Waals surface area contributed by atoms with Gasteiger partial charge in [-0.15, -0.1) is 0 Å². The monoisotopic (exact) mass is 182 g/mol. The predicted octanol–water partition coefficient (Wildman–Crippen LogP) is 0.306. The van der Waals surface area contributed by atoms with Crippen LogP contribution in [0.2, 0.25) is 0 Å². The van der Waals surface area contributed by atoms with E-state index in [-0.39, 0.29) is 5.82 Å². The Labute approximate surface area is 74.8 Å². The summed E-state index contributed by atoms with van der Waals surface area (Å²) in [6, 6.07) is 1.34. The Kier molecular flexibility index (Phi) is 2.76. The highest BCUT2D eigenvalue weighted by Gasteiger charge is 2.10. The summed E-state index contributed by atoms with van der Waals surface area (Å²) in [6.07, 6.45) is 1.53. The summed E-state index contributed by atoms with van der Waals surface area (Å²) in [5, 5.41) is 14.0. The zero-order valence-corrected chi connectivity index (χ0v) is 7.01. The van der Waals surface area contributed by atoms with E-state index in [1.165, 1.54) is 16.9 Å². The zero-order chi connectivity index (χ0) is 9.84. The number of rotatable bonds is 4. The number of nitrogens with two attached hydrogens (primary N) is 1. The van der Waals surface area contributed by atoms with Crippen LogP contribution in [0.3, 0.4) is 0 Å². The van der Waals surface area contributed by atoms with Gasteiger partial charge in [-0.2, -0.15) is 4.68 Å². The first-order valence-corrected chi connectivity index (χ1v) is 3.68. The molecule has 1 rings (SSSR count). The third kappa shape index (κ3) is 2.38. The smallest absolute Gasteiger partial charge is 0.358 e. The van der Waals surface area contributed by atoms with Crippen LogP contribution in [0.4, 0.5) is 5.82 Å². The van der Waals surface area contributed by atoms with Crippen molar-refractivity contribution < 1.29 is 4.92 Å². The molecule has 1 aromatic rings. The van der Waals surface area contributed by atoms with Crippen LogP contribution in [0.5, 0.6) is 0 Å². The van der Waals surface area contributed by atoms with Gasteiger partial charge in [0.05, 0.1) is 23.9 Å². The molecular weight excluding hydrogens is 172 g/mol. The van der Waals surface area contributed by atoms with Crippen molar-refractivity contribution >= 4 is 5.82 Å². The SMILES string of the molecule is C=C(CN)Cn1ccc([N+](=O)[O-])n1. The van der Waals surface area contributed by atoms with Gasteiger partial charge in [-0.1, -0.05) is 6.58 Å². The van der Waals surface area contributed by atoms with Crippen molar-refractivity contribution in [1.29, 1.82) is 0 Å². The van der Waals surface area contributed by atoms with Crippen LogP contribution >= 0.6 is 0 Å². The maximum Gasteiger partial charge on any atom is 0.389 e. The molecule has 6 nitrogen and oxygen atoms in total. The first-order valence-electron chi connectivity index (χ1n) is 3.68. The zero-order valence-electron chi connectivity index (χ0n) is 7.01. The van der Waals surface area contributed by atoms with Gasteiger partial charge in [-0.3, -0.25) is 0 Å².